The standard InChI is InChI=1S/C13H19NO/c1-13(2,3)14-12-7-4-9-8-10(15)5-6-11(9)12/h5-6,8,12,14-15H,4,7H2,1-3H3. The minimum absolute atomic E-state index is 0.143. The van der Waals surface area contributed by atoms with Gasteiger partial charge >= 0.3 is 0 Å². The number of aryl methyl sites for hydroxylation is 1. The molecule has 2 heteroatoms. The molecule has 0 aliphatic heterocycles. The molecule has 1 unspecified atom stereocenters. The van der Waals surface area contributed by atoms with Crippen LogP contribution in [0.5, 0.6) is 5.75 Å². The van der Waals surface area contributed by atoms with Crippen LogP contribution in [-0.4, -0.2) is 10.6 Å². The monoisotopic (exact) mass is 205 g/mol. The van der Waals surface area contributed by atoms with E-state index in [1.165, 1.54) is 11.1 Å². The van der Waals surface area contributed by atoms with Crippen molar-refractivity contribution in [1.29, 1.82) is 0 Å². The second-order valence-electron chi connectivity index (χ2n) is 5.37. The minimum Gasteiger partial charge on any atom is -0.508 e. The minimum atomic E-state index is 0.143. The Labute approximate surface area is 91.3 Å². The molecule has 2 rings (SSSR count). The van der Waals surface area contributed by atoms with Gasteiger partial charge in [-0.1, -0.05) is 6.07 Å². The third-order valence-electron chi connectivity index (χ3n) is 2.81. The number of hydrogen-bond donors (Lipinski definition) is 2. The molecule has 0 fully saturated rings. The lowest BCUT2D eigenvalue weighted by atomic mass is 10.0. The second kappa shape index (κ2) is 3.53. The maximum Gasteiger partial charge on any atom is 0.115 e. The van der Waals surface area contributed by atoms with Crippen molar-refractivity contribution in [1.82, 2.24) is 5.32 Å². The molecule has 0 heterocycles. The van der Waals surface area contributed by atoms with E-state index in [2.05, 4.69) is 26.1 Å². The lowest BCUT2D eigenvalue weighted by Crippen LogP contribution is -2.37. The summed E-state index contributed by atoms with van der Waals surface area (Å²) in [4.78, 5) is 0. The molecule has 1 aromatic carbocycles. The van der Waals surface area contributed by atoms with Crippen molar-refractivity contribution in [3.05, 3.63) is 29.3 Å². The van der Waals surface area contributed by atoms with Gasteiger partial charge in [-0.05, 0) is 56.9 Å². The number of aromatic hydroxyl groups is 1. The SMILES string of the molecule is CC(C)(C)NC1CCc2cc(O)ccc21. The molecule has 0 radical (unpaired) electrons. The summed E-state index contributed by atoms with van der Waals surface area (Å²) in [6.45, 7) is 6.56. The summed E-state index contributed by atoms with van der Waals surface area (Å²) in [5.74, 6) is 0.380. The van der Waals surface area contributed by atoms with Crippen molar-refractivity contribution in [3.8, 4) is 5.75 Å². The topological polar surface area (TPSA) is 32.3 Å². The Bertz CT molecular complexity index is 365. The summed E-state index contributed by atoms with van der Waals surface area (Å²) in [6.07, 6.45) is 2.20. The van der Waals surface area contributed by atoms with Gasteiger partial charge < -0.3 is 10.4 Å². The highest BCUT2D eigenvalue weighted by Crippen LogP contribution is 2.34. The normalized spacial score (nSPS) is 20.3. The Morgan fingerprint density at radius 2 is 2.07 bits per heavy atom. The maximum absolute atomic E-state index is 9.39. The highest BCUT2D eigenvalue weighted by molar-refractivity contribution is 5.40. The van der Waals surface area contributed by atoms with E-state index in [0.717, 1.165) is 12.8 Å². The average molecular weight is 205 g/mol. The Morgan fingerprint density at radius 1 is 1.33 bits per heavy atom. The van der Waals surface area contributed by atoms with Crippen LogP contribution in [-0.2, 0) is 6.42 Å². The van der Waals surface area contributed by atoms with Gasteiger partial charge in [-0.25, -0.2) is 0 Å². The van der Waals surface area contributed by atoms with Crippen LogP contribution in [0.4, 0.5) is 0 Å². The molecule has 0 saturated carbocycles. The van der Waals surface area contributed by atoms with Crippen LogP contribution in [0, 0.1) is 0 Å². The Kier molecular flexibility index (Phi) is 2.47. The van der Waals surface area contributed by atoms with Gasteiger partial charge in [-0.15, -0.1) is 0 Å². The van der Waals surface area contributed by atoms with Crippen LogP contribution in [0.1, 0.15) is 44.4 Å². The van der Waals surface area contributed by atoms with Gasteiger partial charge in [0.05, 0.1) is 0 Å². The van der Waals surface area contributed by atoms with Crippen molar-refractivity contribution in [3.63, 3.8) is 0 Å². The zero-order valence-corrected chi connectivity index (χ0v) is 9.67. The summed E-state index contributed by atoms with van der Waals surface area (Å²) in [5, 5.41) is 13.0. The molecule has 1 atom stereocenters. The molecular formula is C13H19NO. The van der Waals surface area contributed by atoms with Gasteiger partial charge in [-0.2, -0.15) is 0 Å². The summed E-state index contributed by atoms with van der Waals surface area (Å²) < 4.78 is 0. The van der Waals surface area contributed by atoms with Gasteiger partial charge in [0.1, 0.15) is 5.75 Å². The molecule has 2 nitrogen and oxygen atoms in total. The van der Waals surface area contributed by atoms with Crippen LogP contribution in [0.2, 0.25) is 0 Å². The van der Waals surface area contributed by atoms with Gasteiger partial charge in [0.15, 0.2) is 0 Å². The summed E-state index contributed by atoms with van der Waals surface area (Å²) in [7, 11) is 0. The van der Waals surface area contributed by atoms with E-state index in [1.807, 2.05) is 12.1 Å². The molecule has 0 amide bonds. The number of benzene rings is 1. The van der Waals surface area contributed by atoms with Gasteiger partial charge in [0, 0.05) is 11.6 Å². The lowest BCUT2D eigenvalue weighted by molar-refractivity contribution is 0.362. The number of rotatable bonds is 1. The van der Waals surface area contributed by atoms with Gasteiger partial charge in [0.2, 0.25) is 0 Å². The predicted octanol–water partition coefficient (Wildman–Crippen LogP) is 2.77. The highest BCUT2D eigenvalue weighted by atomic mass is 16.3. The van der Waals surface area contributed by atoms with E-state index < -0.39 is 0 Å². The van der Waals surface area contributed by atoms with Crippen LogP contribution >= 0.6 is 0 Å². The van der Waals surface area contributed by atoms with E-state index in [9.17, 15) is 5.11 Å². The summed E-state index contributed by atoms with van der Waals surface area (Å²) in [6, 6.07) is 6.16. The molecule has 0 saturated heterocycles. The summed E-state index contributed by atoms with van der Waals surface area (Å²) >= 11 is 0. The van der Waals surface area contributed by atoms with Crippen molar-refractivity contribution in [2.75, 3.05) is 0 Å². The van der Waals surface area contributed by atoms with Crippen LogP contribution in [0.15, 0.2) is 18.2 Å². The predicted molar refractivity (Wildman–Crippen MR) is 62.1 cm³/mol. The Hall–Kier alpha value is -1.02. The zero-order valence-electron chi connectivity index (χ0n) is 9.67. The fraction of sp³-hybridized carbons (Fsp3) is 0.538. The third kappa shape index (κ3) is 2.32. The average Bonchev–Trinajstić information content (AvgIpc) is 2.45. The molecule has 2 N–H and O–H groups in total. The molecule has 15 heavy (non-hydrogen) atoms. The third-order valence-corrected chi connectivity index (χ3v) is 2.81. The molecule has 0 aromatic heterocycles. The van der Waals surface area contributed by atoms with Crippen LogP contribution in [0.25, 0.3) is 0 Å². The fourth-order valence-corrected chi connectivity index (χ4v) is 2.28. The maximum atomic E-state index is 9.39. The first-order chi connectivity index (χ1) is 6.96. The molecule has 1 aliphatic carbocycles. The second-order valence-corrected chi connectivity index (χ2v) is 5.37. The van der Waals surface area contributed by atoms with Crippen LogP contribution in [0.3, 0.4) is 0 Å². The molecule has 1 aliphatic rings. The van der Waals surface area contributed by atoms with E-state index in [1.54, 1.807) is 6.07 Å². The first-order valence-electron chi connectivity index (χ1n) is 5.55. The quantitative estimate of drug-likeness (QED) is 0.739. The van der Waals surface area contributed by atoms with E-state index in [0.29, 0.717) is 11.8 Å². The number of fused-ring (bicyclic) bond motifs is 1. The Balaban J connectivity index is 2.22. The molecular weight excluding hydrogens is 186 g/mol. The fourth-order valence-electron chi connectivity index (χ4n) is 2.28. The first kappa shape index (κ1) is 10.5. The smallest absolute Gasteiger partial charge is 0.115 e. The Morgan fingerprint density at radius 3 is 2.73 bits per heavy atom. The number of nitrogens with one attached hydrogen (secondary N) is 1. The van der Waals surface area contributed by atoms with Crippen LogP contribution < -0.4 is 5.32 Å². The molecule has 1 aromatic rings. The lowest BCUT2D eigenvalue weighted by Gasteiger charge is -2.26. The van der Waals surface area contributed by atoms with Crippen molar-refractivity contribution in [2.45, 2.75) is 45.2 Å². The van der Waals surface area contributed by atoms with Crippen molar-refractivity contribution in [2.24, 2.45) is 0 Å². The summed E-state index contributed by atoms with van der Waals surface area (Å²) in [5.41, 5.74) is 2.78. The van der Waals surface area contributed by atoms with Gasteiger partial charge in [0.25, 0.3) is 0 Å². The van der Waals surface area contributed by atoms with E-state index in [4.69, 9.17) is 0 Å². The van der Waals surface area contributed by atoms with Gasteiger partial charge in [-0.3, -0.25) is 0 Å². The zero-order chi connectivity index (χ0) is 11.1. The largest absolute Gasteiger partial charge is 0.508 e. The van der Waals surface area contributed by atoms with E-state index >= 15 is 0 Å². The number of phenols is 1. The number of hydrogen-bond acceptors (Lipinski definition) is 2. The highest BCUT2D eigenvalue weighted by Gasteiger charge is 2.25. The van der Waals surface area contributed by atoms with Crippen molar-refractivity contribution < 1.29 is 5.11 Å². The van der Waals surface area contributed by atoms with E-state index in [-0.39, 0.29) is 5.54 Å². The van der Waals surface area contributed by atoms with Crippen molar-refractivity contribution >= 4 is 0 Å². The molecule has 0 bridgehead atoms. The molecule has 0 spiro atoms. The first-order valence-corrected chi connectivity index (χ1v) is 5.55. The number of phenolic OH excluding ortho intramolecular Hbond substituents is 1. The molecule has 82 valence electrons.